The second-order valence-electron chi connectivity index (χ2n) is 29.5. The minimum atomic E-state index is 0.398. The van der Waals surface area contributed by atoms with Crippen LogP contribution < -0.4 is 0 Å². The van der Waals surface area contributed by atoms with E-state index in [9.17, 15) is 21.0 Å². The van der Waals surface area contributed by atoms with Crippen LogP contribution in [0.15, 0.2) is 388 Å². The molecule has 16 aromatic carbocycles. The van der Waals surface area contributed by atoms with Crippen molar-refractivity contribution >= 4 is 87.2 Å². The first-order chi connectivity index (χ1) is 59.4. The standard InChI is InChI=1S/2C54H32N6/c55-33-38-32-37(54-57-51(35-16-5-1-6-17-35)45(34-56)52(58-54)36-18-7-2-8-19-36)28-29-41(38)42-25-15-26-44-50-48(60(53(42)44)40-22-11-4-12-23-40)31-30-47-49(50)43-24-13-14-27-46(43)59(47)39-20-9-3-10-21-39;55-33-39-31-38(54-57-51(35-15-5-1-6-16-35)46(34-56)52(58-54)36-17-7-2-8-18-36)25-27-42(39)37-26-29-48-45(32-37)43-28-30-49-50(53(43)60(48)41-21-11-4-12-22-41)44-23-13-14-24-47(44)59(49)40-19-9-3-10-20-40/h2*1-32H. The molecule has 0 amide bonds. The Morgan fingerprint density at radius 3 is 0.983 bits per heavy atom. The summed E-state index contributed by atoms with van der Waals surface area (Å²) in [6.07, 6.45) is 0. The molecule has 12 nitrogen and oxygen atoms in total. The van der Waals surface area contributed by atoms with E-state index in [4.69, 9.17) is 19.9 Å². The maximum absolute atomic E-state index is 10.9. The first kappa shape index (κ1) is 70.7. The molecule has 0 atom stereocenters. The summed E-state index contributed by atoms with van der Waals surface area (Å²) >= 11 is 0. The first-order valence-electron chi connectivity index (χ1n) is 39.6. The van der Waals surface area contributed by atoms with E-state index in [0.29, 0.717) is 67.8 Å². The second-order valence-corrected chi connectivity index (χ2v) is 29.5. The van der Waals surface area contributed by atoms with E-state index >= 15 is 0 Å². The van der Waals surface area contributed by atoms with Crippen molar-refractivity contribution in [3.8, 4) is 137 Å². The minimum Gasteiger partial charge on any atom is -0.309 e. The summed E-state index contributed by atoms with van der Waals surface area (Å²) < 4.78 is 9.42. The molecule has 0 aliphatic heterocycles. The molecule has 0 N–H and O–H groups in total. The van der Waals surface area contributed by atoms with E-state index in [0.717, 1.165) is 133 Å². The van der Waals surface area contributed by atoms with Gasteiger partial charge in [0.1, 0.15) is 23.3 Å². The van der Waals surface area contributed by atoms with Crippen LogP contribution in [-0.2, 0) is 0 Å². The summed E-state index contributed by atoms with van der Waals surface area (Å²) in [6.45, 7) is 0. The van der Waals surface area contributed by atoms with Crippen LogP contribution in [0.1, 0.15) is 22.3 Å². The van der Waals surface area contributed by atoms with E-state index in [1.807, 2.05) is 176 Å². The lowest BCUT2D eigenvalue weighted by atomic mass is 9.95. The van der Waals surface area contributed by atoms with Crippen molar-refractivity contribution in [3.05, 3.63) is 411 Å². The Hall–Kier alpha value is -17.2. The van der Waals surface area contributed by atoms with Crippen LogP contribution in [0.4, 0.5) is 0 Å². The Morgan fingerprint density at radius 2 is 0.533 bits per heavy atom. The number of hydrogen-bond acceptors (Lipinski definition) is 8. The van der Waals surface area contributed by atoms with Gasteiger partial charge in [-0.2, -0.15) is 21.0 Å². The normalized spacial score (nSPS) is 11.3. The monoisotopic (exact) mass is 1530 g/mol. The zero-order chi connectivity index (χ0) is 80.3. The van der Waals surface area contributed by atoms with Crippen LogP contribution in [-0.4, -0.2) is 38.2 Å². The van der Waals surface area contributed by atoms with E-state index in [-0.39, 0.29) is 0 Å². The van der Waals surface area contributed by atoms with Crippen LogP contribution in [0.2, 0.25) is 0 Å². The zero-order valence-electron chi connectivity index (χ0n) is 64.3. The SMILES string of the molecule is N#Cc1cc(-c2nc(-c3ccccc3)c(C#N)c(-c3ccccc3)n2)ccc1-c1ccc2c(c1)c1ccc3c(c4ccccc4n3-c3ccccc3)c1n2-c1ccccc1.N#Cc1cc(-c2nc(-c3ccccc3)c(C#N)c(-c3ccccc3)n2)ccc1-c1cccc2c3c4c5ccccc5n(-c5ccccc5)c4ccc3n(-c3ccccc3)c12. The van der Waals surface area contributed by atoms with Crippen molar-refractivity contribution in [1.29, 1.82) is 21.0 Å². The molecular weight excluding hydrogens is 1470 g/mol. The minimum absolute atomic E-state index is 0.398. The number of fused-ring (bicyclic) bond motifs is 14. The Labute approximate surface area is 689 Å². The Bertz CT molecular complexity index is 7910. The first-order valence-corrected chi connectivity index (χ1v) is 39.6. The van der Waals surface area contributed by atoms with Gasteiger partial charge in [0.25, 0.3) is 0 Å². The number of aromatic nitrogens is 8. The molecule has 0 saturated carbocycles. The molecule has 6 aromatic heterocycles. The molecule has 0 aliphatic carbocycles. The average Bonchev–Trinajstić information content (AvgIpc) is 1.55. The summed E-state index contributed by atoms with van der Waals surface area (Å²) in [5.74, 6) is 0.874. The van der Waals surface area contributed by atoms with Crippen molar-refractivity contribution < 1.29 is 0 Å². The summed E-state index contributed by atoms with van der Waals surface area (Å²) in [5, 5.41) is 51.7. The van der Waals surface area contributed by atoms with Crippen molar-refractivity contribution in [2.75, 3.05) is 0 Å². The maximum atomic E-state index is 10.9. The molecule has 0 unspecified atom stereocenters. The quantitative estimate of drug-likeness (QED) is 0.117. The third kappa shape index (κ3) is 11.8. The van der Waals surface area contributed by atoms with Crippen LogP contribution in [0.5, 0.6) is 0 Å². The molecule has 6 heterocycles. The van der Waals surface area contributed by atoms with Gasteiger partial charge >= 0.3 is 0 Å². The summed E-state index contributed by atoms with van der Waals surface area (Å²) in [7, 11) is 0. The Morgan fingerprint density at radius 1 is 0.200 bits per heavy atom. The number of rotatable bonds is 12. The molecule has 0 bridgehead atoms. The highest BCUT2D eigenvalue weighted by atomic mass is 15.0. The lowest BCUT2D eigenvalue weighted by molar-refractivity contribution is 1.17. The van der Waals surface area contributed by atoms with Crippen LogP contribution >= 0.6 is 0 Å². The number of nitriles is 4. The third-order valence-electron chi connectivity index (χ3n) is 22.8. The molecule has 22 rings (SSSR count). The predicted octanol–water partition coefficient (Wildman–Crippen LogP) is 26.2. The van der Waals surface area contributed by atoms with E-state index < -0.39 is 0 Å². The van der Waals surface area contributed by atoms with Gasteiger partial charge in [0.15, 0.2) is 11.6 Å². The topological polar surface area (TPSA) is 166 Å². The van der Waals surface area contributed by atoms with Crippen LogP contribution in [0, 0.1) is 45.3 Å². The number of hydrogen-bond donors (Lipinski definition) is 0. The van der Waals surface area contributed by atoms with Crippen LogP contribution in [0.25, 0.3) is 200 Å². The van der Waals surface area contributed by atoms with Crippen molar-refractivity contribution in [3.63, 3.8) is 0 Å². The lowest BCUT2D eigenvalue weighted by Crippen LogP contribution is -2.01. The van der Waals surface area contributed by atoms with Gasteiger partial charge in [-0.05, 0) is 114 Å². The Kier molecular flexibility index (Phi) is 17.5. The van der Waals surface area contributed by atoms with Crippen LogP contribution in [0.3, 0.4) is 0 Å². The number of benzene rings is 16. The van der Waals surface area contributed by atoms with E-state index in [2.05, 4.69) is 255 Å². The molecule has 22 aromatic rings. The van der Waals surface area contributed by atoms with Gasteiger partial charge < -0.3 is 18.3 Å². The lowest BCUT2D eigenvalue weighted by Gasteiger charge is -2.14. The van der Waals surface area contributed by atoms with Gasteiger partial charge in [0.2, 0.25) is 0 Å². The van der Waals surface area contributed by atoms with Gasteiger partial charge in [0, 0.05) is 110 Å². The second kappa shape index (κ2) is 29.7. The number of para-hydroxylation sites is 7. The van der Waals surface area contributed by atoms with Gasteiger partial charge in [-0.25, -0.2) is 19.9 Å². The smallest absolute Gasteiger partial charge is 0.160 e. The van der Waals surface area contributed by atoms with Crippen molar-refractivity contribution in [1.82, 2.24) is 38.2 Å². The molecule has 0 saturated heterocycles. The van der Waals surface area contributed by atoms with Gasteiger partial charge in [-0.15, -0.1) is 0 Å². The highest BCUT2D eigenvalue weighted by Crippen LogP contribution is 2.48. The summed E-state index contributed by atoms with van der Waals surface area (Å²) in [4.78, 5) is 20.0. The summed E-state index contributed by atoms with van der Waals surface area (Å²) in [5.41, 5.74) is 25.2. The van der Waals surface area contributed by atoms with E-state index in [1.165, 1.54) is 21.5 Å². The molecule has 0 radical (unpaired) electrons. The molecule has 120 heavy (non-hydrogen) atoms. The fourth-order valence-electron chi connectivity index (χ4n) is 17.6. The van der Waals surface area contributed by atoms with Crippen molar-refractivity contribution in [2.45, 2.75) is 0 Å². The highest BCUT2D eigenvalue weighted by molar-refractivity contribution is 6.31. The van der Waals surface area contributed by atoms with Gasteiger partial charge in [-0.1, -0.05) is 285 Å². The van der Waals surface area contributed by atoms with Crippen molar-refractivity contribution in [2.24, 2.45) is 0 Å². The summed E-state index contributed by atoms with van der Waals surface area (Å²) in [6, 6.07) is 141. The maximum Gasteiger partial charge on any atom is 0.160 e. The Balaban J connectivity index is 0.000000148. The average molecular weight is 1530 g/mol. The fourth-order valence-corrected chi connectivity index (χ4v) is 17.6. The molecule has 0 fully saturated rings. The highest BCUT2D eigenvalue weighted by Gasteiger charge is 2.28. The number of nitrogens with zero attached hydrogens (tertiary/aromatic N) is 12. The van der Waals surface area contributed by atoms with E-state index in [1.54, 1.807) is 0 Å². The molecular formula is C108H64N12. The largest absolute Gasteiger partial charge is 0.309 e. The molecule has 0 spiro atoms. The molecule has 0 aliphatic rings. The molecule has 556 valence electrons. The molecule has 12 heteroatoms. The third-order valence-corrected chi connectivity index (χ3v) is 22.8. The van der Waals surface area contributed by atoms with Gasteiger partial charge in [-0.3, -0.25) is 0 Å². The zero-order valence-corrected chi connectivity index (χ0v) is 64.3. The fraction of sp³-hybridized carbons (Fsp3) is 0. The van der Waals surface area contributed by atoms with Gasteiger partial charge in [0.05, 0.1) is 90.2 Å². The predicted molar refractivity (Wildman–Crippen MR) is 484 cm³/mol.